The molecule has 0 amide bonds. The predicted octanol–water partition coefficient (Wildman–Crippen LogP) is 4.14. The van der Waals surface area contributed by atoms with E-state index in [2.05, 4.69) is 13.8 Å². The average Bonchev–Trinajstić information content (AvgIpc) is 3.21. The SMILES string of the molecule is CCCCCCCC(=O)OC[C@@H]1O[C@H](n2cc(F)c(=O)[nH]c2=O)CC1OC(=O)CCCCCCC. The number of nitrogens with one attached hydrogen (secondary N) is 1. The third-order valence-electron chi connectivity index (χ3n) is 6.08. The first-order valence-corrected chi connectivity index (χ1v) is 12.9. The second-order valence-corrected chi connectivity index (χ2v) is 9.05. The second-order valence-electron chi connectivity index (χ2n) is 9.05. The molecular formula is C25H39FN2O7. The Morgan fingerprint density at radius 1 is 1.00 bits per heavy atom. The highest BCUT2D eigenvalue weighted by Crippen LogP contribution is 2.30. The molecule has 1 N–H and O–H groups in total. The highest BCUT2D eigenvalue weighted by molar-refractivity contribution is 5.70. The fourth-order valence-electron chi connectivity index (χ4n) is 4.04. The van der Waals surface area contributed by atoms with E-state index >= 15 is 0 Å². The Bertz CT molecular complexity index is 914. The Labute approximate surface area is 205 Å². The summed E-state index contributed by atoms with van der Waals surface area (Å²) in [7, 11) is 0. The Kier molecular flexibility index (Phi) is 12.7. The van der Waals surface area contributed by atoms with Crippen LogP contribution >= 0.6 is 0 Å². The minimum absolute atomic E-state index is 0.0617. The van der Waals surface area contributed by atoms with Crippen molar-refractivity contribution in [3.05, 3.63) is 32.9 Å². The standard InChI is InChI=1S/C25H39FN2O7/c1-3-5-7-9-11-13-22(29)33-17-20-19(35-23(30)14-12-10-8-6-4-2)15-21(34-20)28-16-18(26)24(31)27-25(28)32/h16,19-21H,3-15,17H2,1-2H3,(H,27,31,32)/t19?,20-,21-/m0/s1. The minimum atomic E-state index is -1.13. The van der Waals surface area contributed by atoms with Gasteiger partial charge < -0.3 is 14.2 Å². The Hall–Kier alpha value is -2.49. The van der Waals surface area contributed by atoms with Crippen molar-refractivity contribution in [3.8, 4) is 0 Å². The average molecular weight is 499 g/mol. The van der Waals surface area contributed by atoms with Crippen molar-refractivity contribution >= 4 is 11.9 Å². The summed E-state index contributed by atoms with van der Waals surface area (Å²) in [5.74, 6) is -1.91. The molecule has 3 atom stereocenters. The number of carbonyl (C=O) groups is 2. The van der Waals surface area contributed by atoms with Crippen LogP contribution in [0.4, 0.5) is 4.39 Å². The van der Waals surface area contributed by atoms with Gasteiger partial charge in [0.1, 0.15) is 25.0 Å². The molecule has 0 spiro atoms. The number of esters is 2. The molecule has 1 saturated heterocycles. The molecule has 2 rings (SSSR count). The third kappa shape index (κ3) is 9.95. The Morgan fingerprint density at radius 2 is 1.60 bits per heavy atom. The molecule has 0 radical (unpaired) electrons. The molecule has 0 bridgehead atoms. The summed E-state index contributed by atoms with van der Waals surface area (Å²) >= 11 is 0. The second kappa shape index (κ2) is 15.5. The van der Waals surface area contributed by atoms with Crippen molar-refractivity contribution in [3.63, 3.8) is 0 Å². The van der Waals surface area contributed by atoms with Gasteiger partial charge in [0.2, 0.25) is 5.82 Å². The molecule has 1 aliphatic rings. The van der Waals surface area contributed by atoms with Crippen LogP contribution in [0.2, 0.25) is 0 Å². The van der Waals surface area contributed by atoms with Gasteiger partial charge in [-0.25, -0.2) is 4.79 Å². The van der Waals surface area contributed by atoms with Crippen LogP contribution in [0.25, 0.3) is 0 Å². The number of aromatic amines is 1. The highest BCUT2D eigenvalue weighted by Gasteiger charge is 2.40. The summed E-state index contributed by atoms with van der Waals surface area (Å²) < 4.78 is 31.5. The molecule has 1 aliphatic heterocycles. The molecule has 1 aromatic heterocycles. The zero-order valence-electron chi connectivity index (χ0n) is 20.9. The number of carbonyl (C=O) groups excluding carboxylic acids is 2. The number of hydrogen-bond acceptors (Lipinski definition) is 7. The molecule has 0 saturated carbocycles. The predicted molar refractivity (Wildman–Crippen MR) is 127 cm³/mol. The first-order valence-electron chi connectivity index (χ1n) is 12.9. The lowest BCUT2D eigenvalue weighted by molar-refractivity contribution is -0.158. The number of ether oxygens (including phenoxy) is 3. The smallest absolute Gasteiger partial charge is 0.330 e. The maximum atomic E-state index is 13.8. The van der Waals surface area contributed by atoms with Gasteiger partial charge in [0, 0.05) is 19.3 Å². The van der Waals surface area contributed by atoms with E-state index in [9.17, 15) is 23.6 Å². The maximum Gasteiger partial charge on any atom is 0.330 e. The van der Waals surface area contributed by atoms with Crippen LogP contribution in [0.3, 0.4) is 0 Å². The largest absolute Gasteiger partial charge is 0.463 e. The number of halogens is 1. The Morgan fingerprint density at radius 3 is 2.23 bits per heavy atom. The molecular weight excluding hydrogens is 459 g/mol. The molecule has 1 aromatic rings. The first-order chi connectivity index (χ1) is 16.8. The van der Waals surface area contributed by atoms with E-state index in [0.29, 0.717) is 6.42 Å². The first kappa shape index (κ1) is 28.7. The molecule has 0 aliphatic carbocycles. The fourth-order valence-corrected chi connectivity index (χ4v) is 4.04. The van der Waals surface area contributed by atoms with Crippen LogP contribution in [0.5, 0.6) is 0 Å². The van der Waals surface area contributed by atoms with Gasteiger partial charge in [0.15, 0.2) is 0 Å². The van der Waals surface area contributed by atoms with Crippen LogP contribution < -0.4 is 11.2 Å². The van der Waals surface area contributed by atoms with Crippen LogP contribution in [0.15, 0.2) is 15.8 Å². The number of rotatable bonds is 16. The fraction of sp³-hybridized carbons (Fsp3) is 0.760. The van der Waals surface area contributed by atoms with Gasteiger partial charge in [-0.15, -0.1) is 0 Å². The van der Waals surface area contributed by atoms with Gasteiger partial charge in [0.25, 0.3) is 5.56 Å². The maximum absolute atomic E-state index is 13.8. The Balaban J connectivity index is 1.97. The van der Waals surface area contributed by atoms with Crippen molar-refractivity contribution in [2.24, 2.45) is 0 Å². The van der Waals surface area contributed by atoms with Crippen LogP contribution in [-0.2, 0) is 23.8 Å². The van der Waals surface area contributed by atoms with Crippen molar-refractivity contribution in [2.45, 2.75) is 116 Å². The number of aromatic nitrogens is 2. The molecule has 35 heavy (non-hydrogen) atoms. The summed E-state index contributed by atoms with van der Waals surface area (Å²) in [6.07, 6.45) is 8.70. The summed E-state index contributed by atoms with van der Waals surface area (Å²) in [4.78, 5) is 50.0. The van der Waals surface area contributed by atoms with E-state index in [1.165, 1.54) is 0 Å². The van der Waals surface area contributed by atoms with Gasteiger partial charge >= 0.3 is 17.6 Å². The van der Waals surface area contributed by atoms with E-state index in [-0.39, 0.29) is 31.8 Å². The van der Waals surface area contributed by atoms with Crippen molar-refractivity contribution < 1.29 is 28.2 Å². The number of H-pyrrole nitrogens is 1. The molecule has 1 fully saturated rings. The summed E-state index contributed by atoms with van der Waals surface area (Å²) in [6.45, 7) is 4.08. The molecule has 9 nitrogen and oxygen atoms in total. The van der Waals surface area contributed by atoms with Crippen molar-refractivity contribution in [1.82, 2.24) is 9.55 Å². The minimum Gasteiger partial charge on any atom is -0.463 e. The quantitative estimate of drug-likeness (QED) is 0.269. The van der Waals surface area contributed by atoms with Gasteiger partial charge in [-0.2, -0.15) is 4.39 Å². The zero-order chi connectivity index (χ0) is 25.6. The van der Waals surface area contributed by atoms with E-state index in [1.807, 2.05) is 4.98 Å². The molecule has 10 heteroatoms. The van der Waals surface area contributed by atoms with E-state index in [1.54, 1.807) is 0 Å². The lowest BCUT2D eigenvalue weighted by atomic mass is 10.1. The van der Waals surface area contributed by atoms with Crippen LogP contribution in [0.1, 0.15) is 104 Å². The highest BCUT2D eigenvalue weighted by atomic mass is 19.1. The van der Waals surface area contributed by atoms with E-state index < -0.39 is 41.5 Å². The van der Waals surface area contributed by atoms with Crippen molar-refractivity contribution in [2.75, 3.05) is 6.61 Å². The number of unbranched alkanes of at least 4 members (excludes halogenated alkanes) is 8. The summed E-state index contributed by atoms with van der Waals surface area (Å²) in [5.41, 5.74) is -1.97. The molecule has 198 valence electrons. The molecule has 1 unspecified atom stereocenters. The summed E-state index contributed by atoms with van der Waals surface area (Å²) in [6, 6.07) is 0. The van der Waals surface area contributed by atoms with Crippen molar-refractivity contribution in [1.29, 1.82) is 0 Å². The molecule has 2 heterocycles. The molecule has 0 aromatic carbocycles. The van der Waals surface area contributed by atoms with Gasteiger partial charge in [-0.1, -0.05) is 65.2 Å². The van der Waals surface area contributed by atoms with E-state index in [0.717, 1.165) is 68.6 Å². The third-order valence-corrected chi connectivity index (χ3v) is 6.08. The lowest BCUT2D eigenvalue weighted by Gasteiger charge is -2.19. The van der Waals surface area contributed by atoms with Gasteiger partial charge in [-0.05, 0) is 12.8 Å². The normalized spacial score (nSPS) is 19.6. The number of hydrogen-bond donors (Lipinski definition) is 1. The van der Waals surface area contributed by atoms with E-state index in [4.69, 9.17) is 14.2 Å². The monoisotopic (exact) mass is 498 g/mol. The zero-order valence-corrected chi connectivity index (χ0v) is 20.9. The number of nitrogens with zero attached hydrogens (tertiary/aromatic N) is 1. The van der Waals surface area contributed by atoms with Crippen LogP contribution in [-0.4, -0.2) is 40.3 Å². The van der Waals surface area contributed by atoms with Crippen LogP contribution in [0, 0.1) is 5.82 Å². The van der Waals surface area contributed by atoms with Gasteiger partial charge in [-0.3, -0.25) is 23.9 Å². The topological polar surface area (TPSA) is 117 Å². The summed E-state index contributed by atoms with van der Waals surface area (Å²) in [5, 5.41) is 0. The van der Waals surface area contributed by atoms with Gasteiger partial charge in [0.05, 0.1) is 6.20 Å². The lowest BCUT2D eigenvalue weighted by Crippen LogP contribution is -2.34.